The fraction of sp³-hybridized carbons (Fsp3) is 0.350. The molecule has 3 aromatic rings. The SMILES string of the molecule is CCc1nc(CN2CCN(C(=O)c3cc(Cl)nc4ccccc34)CC2)cs1. The summed E-state index contributed by atoms with van der Waals surface area (Å²) in [6.45, 7) is 6.09. The van der Waals surface area contributed by atoms with E-state index in [0.717, 1.165) is 42.7 Å². The number of aromatic nitrogens is 2. The van der Waals surface area contributed by atoms with Crippen LogP contribution in [0, 0.1) is 0 Å². The second-order valence-corrected chi connectivity index (χ2v) is 7.99. The van der Waals surface area contributed by atoms with Gasteiger partial charge in [0.2, 0.25) is 0 Å². The number of para-hydroxylation sites is 1. The average Bonchev–Trinajstić information content (AvgIpc) is 3.15. The summed E-state index contributed by atoms with van der Waals surface area (Å²) in [5.74, 6) is 0.0251. The topological polar surface area (TPSA) is 49.3 Å². The first kappa shape index (κ1) is 18.3. The number of carbonyl (C=O) groups is 1. The molecule has 5 nitrogen and oxygen atoms in total. The Hall–Kier alpha value is -2.02. The normalized spacial score (nSPS) is 15.4. The molecule has 4 rings (SSSR count). The molecule has 1 amide bonds. The molecule has 0 radical (unpaired) electrons. The molecule has 2 aromatic heterocycles. The molecular weight excluding hydrogens is 380 g/mol. The molecule has 140 valence electrons. The predicted molar refractivity (Wildman–Crippen MR) is 109 cm³/mol. The molecule has 1 aromatic carbocycles. The van der Waals surface area contributed by atoms with Crippen molar-refractivity contribution < 1.29 is 4.79 Å². The maximum absolute atomic E-state index is 13.1. The van der Waals surface area contributed by atoms with Gasteiger partial charge in [0, 0.05) is 43.5 Å². The molecule has 1 aliphatic heterocycles. The fourth-order valence-electron chi connectivity index (χ4n) is 3.41. The number of rotatable bonds is 4. The van der Waals surface area contributed by atoms with Crippen LogP contribution in [-0.2, 0) is 13.0 Å². The van der Waals surface area contributed by atoms with Crippen LogP contribution in [0.25, 0.3) is 10.9 Å². The number of amides is 1. The number of nitrogens with zero attached hydrogens (tertiary/aromatic N) is 4. The van der Waals surface area contributed by atoms with Gasteiger partial charge in [-0.1, -0.05) is 36.7 Å². The van der Waals surface area contributed by atoms with Crippen LogP contribution >= 0.6 is 22.9 Å². The van der Waals surface area contributed by atoms with Crippen LogP contribution in [0.4, 0.5) is 0 Å². The van der Waals surface area contributed by atoms with Crippen molar-refractivity contribution in [1.82, 2.24) is 19.8 Å². The monoisotopic (exact) mass is 400 g/mol. The van der Waals surface area contributed by atoms with Crippen molar-refractivity contribution >= 4 is 39.7 Å². The molecule has 1 fully saturated rings. The highest BCUT2D eigenvalue weighted by molar-refractivity contribution is 7.09. The van der Waals surface area contributed by atoms with E-state index in [1.54, 1.807) is 17.4 Å². The number of hydrogen-bond donors (Lipinski definition) is 0. The fourth-order valence-corrected chi connectivity index (χ4v) is 4.35. The minimum atomic E-state index is 0.0251. The number of benzene rings is 1. The molecule has 7 heteroatoms. The van der Waals surface area contributed by atoms with E-state index < -0.39 is 0 Å². The van der Waals surface area contributed by atoms with Gasteiger partial charge < -0.3 is 4.90 Å². The molecule has 1 saturated heterocycles. The van der Waals surface area contributed by atoms with E-state index in [9.17, 15) is 4.79 Å². The van der Waals surface area contributed by atoms with Crippen LogP contribution in [0.2, 0.25) is 5.15 Å². The van der Waals surface area contributed by atoms with Crippen LogP contribution in [-0.4, -0.2) is 51.9 Å². The van der Waals surface area contributed by atoms with Crippen LogP contribution in [0.3, 0.4) is 0 Å². The van der Waals surface area contributed by atoms with Crippen molar-refractivity contribution in [1.29, 1.82) is 0 Å². The van der Waals surface area contributed by atoms with Gasteiger partial charge in [0.1, 0.15) is 5.15 Å². The Morgan fingerprint density at radius 2 is 1.96 bits per heavy atom. The van der Waals surface area contributed by atoms with Crippen LogP contribution in [0.1, 0.15) is 28.0 Å². The number of pyridine rings is 1. The smallest absolute Gasteiger partial charge is 0.254 e. The number of thiazole rings is 1. The van der Waals surface area contributed by atoms with E-state index in [0.29, 0.717) is 23.8 Å². The van der Waals surface area contributed by atoms with E-state index in [1.807, 2.05) is 29.2 Å². The molecule has 3 heterocycles. The van der Waals surface area contributed by atoms with Crippen LogP contribution < -0.4 is 0 Å². The third-order valence-electron chi connectivity index (χ3n) is 4.86. The van der Waals surface area contributed by atoms with E-state index in [2.05, 4.69) is 27.2 Å². The first-order valence-corrected chi connectivity index (χ1v) is 10.4. The Labute approximate surface area is 167 Å². The highest BCUT2D eigenvalue weighted by atomic mass is 35.5. The molecule has 1 aliphatic rings. The van der Waals surface area contributed by atoms with Gasteiger partial charge in [-0.2, -0.15) is 0 Å². The minimum absolute atomic E-state index is 0.0251. The standard InChI is InChI=1S/C20H21ClN4OS/c1-2-19-22-14(13-27-19)12-24-7-9-25(10-8-24)20(26)16-11-18(21)23-17-6-4-3-5-15(16)17/h3-6,11,13H,2,7-10,12H2,1H3. The third kappa shape index (κ3) is 3.98. The first-order valence-electron chi connectivity index (χ1n) is 9.14. The van der Waals surface area contributed by atoms with Crippen molar-refractivity contribution in [2.45, 2.75) is 19.9 Å². The number of hydrogen-bond acceptors (Lipinski definition) is 5. The predicted octanol–water partition coefficient (Wildman–Crippen LogP) is 3.87. The average molecular weight is 401 g/mol. The van der Waals surface area contributed by atoms with E-state index >= 15 is 0 Å². The second-order valence-electron chi connectivity index (χ2n) is 6.66. The highest BCUT2D eigenvalue weighted by Crippen LogP contribution is 2.23. The Balaban J connectivity index is 1.44. The molecule has 0 N–H and O–H groups in total. The maximum atomic E-state index is 13.1. The zero-order valence-electron chi connectivity index (χ0n) is 15.2. The number of aryl methyl sites for hydroxylation is 1. The lowest BCUT2D eigenvalue weighted by Crippen LogP contribution is -2.48. The Bertz CT molecular complexity index is 966. The molecule has 0 aliphatic carbocycles. The zero-order valence-corrected chi connectivity index (χ0v) is 16.8. The number of piperazine rings is 1. The van der Waals surface area contributed by atoms with Gasteiger partial charge in [0.05, 0.1) is 21.8 Å². The van der Waals surface area contributed by atoms with E-state index in [1.165, 1.54) is 5.01 Å². The molecular formula is C20H21ClN4OS. The van der Waals surface area contributed by atoms with Crippen molar-refractivity contribution in [3.63, 3.8) is 0 Å². The lowest BCUT2D eigenvalue weighted by Gasteiger charge is -2.34. The van der Waals surface area contributed by atoms with E-state index in [4.69, 9.17) is 11.6 Å². The van der Waals surface area contributed by atoms with Crippen molar-refractivity contribution in [3.8, 4) is 0 Å². The molecule has 27 heavy (non-hydrogen) atoms. The molecule has 0 saturated carbocycles. The van der Waals surface area contributed by atoms with Crippen molar-refractivity contribution in [3.05, 3.63) is 57.1 Å². The van der Waals surface area contributed by atoms with Crippen molar-refractivity contribution in [2.24, 2.45) is 0 Å². The quantitative estimate of drug-likeness (QED) is 0.624. The summed E-state index contributed by atoms with van der Waals surface area (Å²) in [5.41, 5.74) is 2.51. The van der Waals surface area contributed by atoms with Gasteiger partial charge in [-0.15, -0.1) is 11.3 Å². The Morgan fingerprint density at radius 3 is 2.70 bits per heavy atom. The van der Waals surface area contributed by atoms with Crippen molar-refractivity contribution in [2.75, 3.05) is 26.2 Å². The van der Waals surface area contributed by atoms with Crippen LogP contribution in [0.5, 0.6) is 0 Å². The van der Waals surface area contributed by atoms with Gasteiger partial charge in [-0.25, -0.2) is 9.97 Å². The summed E-state index contributed by atoms with van der Waals surface area (Å²) < 4.78 is 0. The number of halogens is 1. The zero-order chi connectivity index (χ0) is 18.8. The summed E-state index contributed by atoms with van der Waals surface area (Å²) >= 11 is 7.86. The molecule has 0 spiro atoms. The van der Waals surface area contributed by atoms with Gasteiger partial charge in [-0.05, 0) is 18.6 Å². The largest absolute Gasteiger partial charge is 0.336 e. The molecule has 0 atom stereocenters. The molecule has 0 bridgehead atoms. The maximum Gasteiger partial charge on any atom is 0.254 e. The minimum Gasteiger partial charge on any atom is -0.336 e. The third-order valence-corrected chi connectivity index (χ3v) is 6.10. The number of fused-ring (bicyclic) bond motifs is 1. The van der Waals surface area contributed by atoms with Gasteiger partial charge in [0.25, 0.3) is 5.91 Å². The van der Waals surface area contributed by atoms with E-state index in [-0.39, 0.29) is 5.91 Å². The lowest BCUT2D eigenvalue weighted by atomic mass is 10.1. The van der Waals surface area contributed by atoms with Gasteiger partial charge in [0.15, 0.2) is 0 Å². The van der Waals surface area contributed by atoms with Gasteiger partial charge in [-0.3, -0.25) is 9.69 Å². The summed E-state index contributed by atoms with van der Waals surface area (Å²) in [4.78, 5) is 26.3. The van der Waals surface area contributed by atoms with Gasteiger partial charge >= 0.3 is 0 Å². The second kappa shape index (κ2) is 7.92. The first-order chi connectivity index (χ1) is 13.1. The van der Waals surface area contributed by atoms with Crippen LogP contribution in [0.15, 0.2) is 35.7 Å². The summed E-state index contributed by atoms with van der Waals surface area (Å²) in [5, 5.41) is 4.52. The Kier molecular flexibility index (Phi) is 5.38. The highest BCUT2D eigenvalue weighted by Gasteiger charge is 2.24. The number of carbonyl (C=O) groups excluding carboxylic acids is 1. The summed E-state index contributed by atoms with van der Waals surface area (Å²) in [6, 6.07) is 9.32. The Morgan fingerprint density at radius 1 is 1.19 bits per heavy atom. The summed E-state index contributed by atoms with van der Waals surface area (Å²) in [6.07, 6.45) is 0.982. The summed E-state index contributed by atoms with van der Waals surface area (Å²) in [7, 11) is 0. The molecule has 0 unspecified atom stereocenters. The lowest BCUT2D eigenvalue weighted by molar-refractivity contribution is 0.0629.